The molecule has 0 aromatic heterocycles. The molecular formula is C16H18N2O6. The smallest absolute Gasteiger partial charge is 0.435 e. The maximum absolute atomic E-state index is 11.2. The van der Waals surface area contributed by atoms with E-state index in [2.05, 4.69) is 21.9 Å². The van der Waals surface area contributed by atoms with E-state index in [1.165, 1.54) is 18.2 Å². The highest BCUT2D eigenvalue weighted by molar-refractivity contribution is 5.75. The van der Waals surface area contributed by atoms with E-state index < -0.39 is 11.1 Å². The van der Waals surface area contributed by atoms with Crippen molar-refractivity contribution in [1.29, 1.82) is 0 Å². The topological polar surface area (TPSA) is 108 Å². The summed E-state index contributed by atoms with van der Waals surface area (Å²) in [5.41, 5.74) is 0.537. The number of nitro benzene ring substituents is 1. The van der Waals surface area contributed by atoms with E-state index in [9.17, 15) is 19.7 Å². The Hall–Kier alpha value is -3.08. The Kier molecular flexibility index (Phi) is 7.78. The summed E-state index contributed by atoms with van der Waals surface area (Å²) >= 11 is 0. The monoisotopic (exact) mass is 334 g/mol. The molecule has 128 valence electrons. The number of hydrogen-bond donors (Lipinski definition) is 1. The van der Waals surface area contributed by atoms with Gasteiger partial charge in [-0.05, 0) is 19.1 Å². The van der Waals surface area contributed by atoms with E-state index in [0.29, 0.717) is 12.0 Å². The van der Waals surface area contributed by atoms with Crippen LogP contribution in [-0.4, -0.2) is 30.1 Å². The van der Waals surface area contributed by atoms with Crippen LogP contribution in [0, 0.1) is 22.0 Å². The van der Waals surface area contributed by atoms with Crippen LogP contribution < -0.4 is 5.32 Å². The summed E-state index contributed by atoms with van der Waals surface area (Å²) in [7, 11) is 0. The van der Waals surface area contributed by atoms with Crippen LogP contribution in [0.15, 0.2) is 18.2 Å². The molecule has 0 radical (unpaired) electrons. The molecule has 0 unspecified atom stereocenters. The summed E-state index contributed by atoms with van der Waals surface area (Å²) in [5, 5.41) is 13.6. The molecule has 8 nitrogen and oxygen atoms in total. The molecule has 1 aromatic carbocycles. The highest BCUT2D eigenvalue weighted by Gasteiger charge is 2.16. The van der Waals surface area contributed by atoms with Crippen molar-refractivity contribution in [3.63, 3.8) is 0 Å². The number of benzene rings is 1. The Morgan fingerprint density at radius 1 is 1.29 bits per heavy atom. The van der Waals surface area contributed by atoms with E-state index in [-0.39, 0.29) is 36.9 Å². The molecule has 1 N–H and O–H groups in total. The lowest BCUT2D eigenvalue weighted by Crippen LogP contribution is -2.22. The fourth-order valence-corrected chi connectivity index (χ4v) is 1.67. The summed E-state index contributed by atoms with van der Waals surface area (Å²) in [6.07, 6.45) is -0.528. The predicted octanol–water partition coefficient (Wildman–Crippen LogP) is 2.15. The van der Waals surface area contributed by atoms with Gasteiger partial charge in [0, 0.05) is 18.1 Å². The molecule has 0 aliphatic heterocycles. The lowest BCUT2D eigenvalue weighted by Gasteiger charge is -2.06. The quantitative estimate of drug-likeness (QED) is 0.369. The van der Waals surface area contributed by atoms with Gasteiger partial charge in [-0.1, -0.05) is 18.8 Å². The average molecular weight is 334 g/mol. The number of amides is 1. The van der Waals surface area contributed by atoms with E-state index in [1.807, 2.05) is 0 Å². The highest BCUT2D eigenvalue weighted by atomic mass is 16.7. The number of nitrogens with one attached hydrogen (secondary N) is 1. The van der Waals surface area contributed by atoms with Gasteiger partial charge in [0.05, 0.1) is 23.6 Å². The zero-order valence-electron chi connectivity index (χ0n) is 13.5. The van der Waals surface area contributed by atoms with Crippen LogP contribution in [0.2, 0.25) is 0 Å². The second-order valence-electron chi connectivity index (χ2n) is 4.50. The largest absolute Gasteiger partial charge is 0.508 e. The molecule has 0 saturated heterocycles. The first kappa shape index (κ1) is 19.0. The maximum Gasteiger partial charge on any atom is 0.508 e. The summed E-state index contributed by atoms with van der Waals surface area (Å²) in [6, 6.07) is 4.24. The fraction of sp³-hybridized carbons (Fsp3) is 0.375. The van der Waals surface area contributed by atoms with Crippen LogP contribution in [0.5, 0.6) is 0 Å². The van der Waals surface area contributed by atoms with E-state index in [0.717, 1.165) is 0 Å². The van der Waals surface area contributed by atoms with Crippen LogP contribution in [0.3, 0.4) is 0 Å². The van der Waals surface area contributed by atoms with Crippen LogP contribution >= 0.6 is 0 Å². The Morgan fingerprint density at radius 3 is 2.67 bits per heavy atom. The molecule has 0 spiro atoms. The van der Waals surface area contributed by atoms with Gasteiger partial charge in [-0.25, -0.2) is 4.79 Å². The number of carbonyl (C=O) groups is 2. The van der Waals surface area contributed by atoms with E-state index in [4.69, 9.17) is 4.74 Å². The fourth-order valence-electron chi connectivity index (χ4n) is 1.67. The summed E-state index contributed by atoms with van der Waals surface area (Å²) in [6.45, 7) is 3.39. The second-order valence-corrected chi connectivity index (χ2v) is 4.50. The Bertz CT molecular complexity index is 675. The number of nitrogens with zero attached hydrogens (tertiary/aromatic N) is 1. The molecule has 1 rings (SSSR count). The number of hydrogen-bond acceptors (Lipinski definition) is 6. The Morgan fingerprint density at radius 2 is 2.04 bits per heavy atom. The van der Waals surface area contributed by atoms with Crippen molar-refractivity contribution in [3.05, 3.63) is 39.4 Å². The predicted molar refractivity (Wildman–Crippen MR) is 85.1 cm³/mol. The van der Waals surface area contributed by atoms with E-state index >= 15 is 0 Å². The molecule has 0 fully saturated rings. The average Bonchev–Trinajstić information content (AvgIpc) is 2.56. The SMILES string of the molecule is CCOC(=O)OCc1cc(C#CCNC(=O)CC)ccc1[N+](=O)[O-]. The zero-order valence-corrected chi connectivity index (χ0v) is 13.5. The molecule has 0 bridgehead atoms. The maximum atomic E-state index is 11.2. The van der Waals surface area contributed by atoms with Crippen molar-refractivity contribution in [2.75, 3.05) is 13.2 Å². The third-order valence-electron chi connectivity index (χ3n) is 2.81. The van der Waals surface area contributed by atoms with Gasteiger partial charge in [-0.2, -0.15) is 0 Å². The highest BCUT2D eigenvalue weighted by Crippen LogP contribution is 2.20. The number of nitro groups is 1. The van der Waals surface area contributed by atoms with Gasteiger partial charge in [0.15, 0.2) is 0 Å². The standard InChI is InChI=1S/C16H18N2O6/c1-3-15(19)17-9-5-6-12-7-8-14(18(21)22)13(10-12)11-24-16(20)23-4-2/h7-8,10H,3-4,9,11H2,1-2H3,(H,17,19). The van der Waals surface area contributed by atoms with Crippen molar-refractivity contribution >= 4 is 17.7 Å². The van der Waals surface area contributed by atoms with Crippen molar-refractivity contribution in [2.24, 2.45) is 0 Å². The van der Waals surface area contributed by atoms with Crippen LogP contribution in [0.25, 0.3) is 0 Å². The molecule has 0 atom stereocenters. The minimum absolute atomic E-state index is 0.114. The third kappa shape index (κ3) is 6.36. The van der Waals surface area contributed by atoms with Gasteiger partial charge in [0.1, 0.15) is 6.61 Å². The lowest BCUT2D eigenvalue weighted by atomic mass is 10.1. The first-order valence-corrected chi connectivity index (χ1v) is 7.30. The van der Waals surface area contributed by atoms with Gasteiger partial charge in [-0.3, -0.25) is 14.9 Å². The van der Waals surface area contributed by atoms with Gasteiger partial charge < -0.3 is 14.8 Å². The molecule has 24 heavy (non-hydrogen) atoms. The van der Waals surface area contributed by atoms with E-state index in [1.54, 1.807) is 13.8 Å². The second kappa shape index (κ2) is 9.84. The molecule has 1 aromatic rings. The summed E-state index contributed by atoms with van der Waals surface area (Å²) in [5.74, 6) is 5.41. The minimum Gasteiger partial charge on any atom is -0.435 e. The molecule has 0 saturated carbocycles. The number of ether oxygens (including phenoxy) is 2. The first-order valence-electron chi connectivity index (χ1n) is 7.30. The lowest BCUT2D eigenvalue weighted by molar-refractivity contribution is -0.385. The Labute approximate surface area is 139 Å². The Balaban J connectivity index is 2.84. The van der Waals surface area contributed by atoms with Crippen LogP contribution in [-0.2, 0) is 20.9 Å². The van der Waals surface area contributed by atoms with Gasteiger partial charge in [-0.15, -0.1) is 0 Å². The molecule has 1 amide bonds. The zero-order chi connectivity index (χ0) is 17.9. The van der Waals surface area contributed by atoms with Crippen molar-refractivity contribution in [2.45, 2.75) is 26.9 Å². The number of rotatable bonds is 6. The van der Waals surface area contributed by atoms with Crippen LogP contribution in [0.4, 0.5) is 10.5 Å². The van der Waals surface area contributed by atoms with Gasteiger partial charge in [0.25, 0.3) is 5.69 Å². The molecule has 0 aliphatic rings. The van der Waals surface area contributed by atoms with Crippen molar-refractivity contribution < 1.29 is 24.0 Å². The van der Waals surface area contributed by atoms with Gasteiger partial charge in [0.2, 0.25) is 5.91 Å². The minimum atomic E-state index is -0.898. The van der Waals surface area contributed by atoms with Gasteiger partial charge >= 0.3 is 6.16 Å². The van der Waals surface area contributed by atoms with Crippen LogP contribution in [0.1, 0.15) is 31.4 Å². The molecule has 8 heteroatoms. The van der Waals surface area contributed by atoms with Crippen molar-refractivity contribution in [1.82, 2.24) is 5.32 Å². The molecule has 0 heterocycles. The first-order chi connectivity index (χ1) is 11.5. The van der Waals surface area contributed by atoms with Crippen molar-refractivity contribution in [3.8, 4) is 11.8 Å². The number of carbonyl (C=O) groups excluding carboxylic acids is 2. The molecular weight excluding hydrogens is 316 g/mol. The molecule has 0 aliphatic carbocycles. The normalized spacial score (nSPS) is 9.42. The third-order valence-corrected chi connectivity index (χ3v) is 2.81. The summed E-state index contributed by atoms with van der Waals surface area (Å²) in [4.78, 5) is 32.7. The summed E-state index contributed by atoms with van der Waals surface area (Å²) < 4.78 is 9.42.